The zero-order valence-corrected chi connectivity index (χ0v) is 20.7. The molecule has 30 heavy (non-hydrogen) atoms. The maximum Gasteiger partial charge on any atom is 0.194 e. The Kier molecular flexibility index (Phi) is 9.07. The van der Waals surface area contributed by atoms with E-state index < -0.39 is 0 Å². The molecule has 1 N–H and O–H groups in total. The van der Waals surface area contributed by atoms with Crippen molar-refractivity contribution in [3.63, 3.8) is 0 Å². The zero-order valence-electron chi connectivity index (χ0n) is 18.3. The highest BCUT2D eigenvalue weighted by molar-refractivity contribution is 14.0. The topological polar surface area (TPSA) is 73.1 Å². The zero-order chi connectivity index (χ0) is 20.8. The fraction of sp³-hybridized carbons (Fsp3) is 0.524. The number of rotatable bonds is 7. The molecule has 1 aromatic heterocycles. The number of guanidine groups is 1. The Balaban J connectivity index is 0.00000320. The van der Waals surface area contributed by atoms with Crippen molar-refractivity contribution in [2.24, 2.45) is 12.0 Å². The van der Waals surface area contributed by atoms with Gasteiger partial charge in [-0.2, -0.15) is 5.10 Å². The molecule has 1 aliphatic rings. The van der Waals surface area contributed by atoms with Crippen molar-refractivity contribution in [2.75, 3.05) is 41.0 Å². The van der Waals surface area contributed by atoms with Crippen LogP contribution in [0.3, 0.4) is 0 Å². The molecular weight excluding hydrogens is 497 g/mol. The quantitative estimate of drug-likeness (QED) is 0.338. The summed E-state index contributed by atoms with van der Waals surface area (Å²) in [4.78, 5) is 7.19. The van der Waals surface area contributed by atoms with E-state index in [0.29, 0.717) is 29.7 Å². The maximum absolute atomic E-state index is 5.55. The second-order valence-electron chi connectivity index (χ2n) is 7.06. The Morgan fingerprint density at radius 2 is 1.90 bits per heavy atom. The van der Waals surface area contributed by atoms with Gasteiger partial charge in [-0.1, -0.05) is 0 Å². The Morgan fingerprint density at radius 1 is 1.20 bits per heavy atom. The molecule has 0 spiro atoms. The van der Waals surface area contributed by atoms with E-state index in [1.54, 1.807) is 21.3 Å². The molecule has 166 valence electrons. The highest BCUT2D eigenvalue weighted by atomic mass is 127. The van der Waals surface area contributed by atoms with E-state index in [0.717, 1.165) is 37.6 Å². The Morgan fingerprint density at radius 3 is 2.43 bits per heavy atom. The van der Waals surface area contributed by atoms with Gasteiger partial charge in [0, 0.05) is 50.9 Å². The number of ether oxygens (including phenoxy) is 3. The summed E-state index contributed by atoms with van der Waals surface area (Å²) in [7, 11) is 6.87. The Bertz CT molecular complexity index is 830. The fourth-order valence-corrected chi connectivity index (χ4v) is 3.69. The van der Waals surface area contributed by atoms with Gasteiger partial charge in [0.15, 0.2) is 5.96 Å². The number of aryl methyl sites for hydroxylation is 1. The van der Waals surface area contributed by atoms with Gasteiger partial charge in [0.1, 0.15) is 17.2 Å². The van der Waals surface area contributed by atoms with Crippen LogP contribution in [0, 0.1) is 0 Å². The van der Waals surface area contributed by atoms with Crippen LogP contribution >= 0.6 is 24.0 Å². The van der Waals surface area contributed by atoms with Gasteiger partial charge >= 0.3 is 0 Å². The summed E-state index contributed by atoms with van der Waals surface area (Å²) in [5.74, 6) is 3.47. The van der Waals surface area contributed by atoms with Crippen LogP contribution in [0.2, 0.25) is 0 Å². The number of benzene rings is 1. The van der Waals surface area contributed by atoms with E-state index in [-0.39, 0.29) is 24.0 Å². The first kappa shape index (κ1) is 24.1. The lowest BCUT2D eigenvalue weighted by Gasteiger charge is -2.22. The monoisotopic (exact) mass is 529 g/mol. The average Bonchev–Trinajstić information content (AvgIpc) is 3.39. The third-order valence-corrected chi connectivity index (χ3v) is 5.22. The van der Waals surface area contributed by atoms with Crippen molar-refractivity contribution in [1.29, 1.82) is 0 Å². The third-order valence-electron chi connectivity index (χ3n) is 5.22. The molecule has 1 saturated heterocycles. The molecule has 0 aliphatic carbocycles. The number of aromatic nitrogens is 2. The maximum atomic E-state index is 5.55. The van der Waals surface area contributed by atoms with Crippen LogP contribution in [0.1, 0.15) is 30.4 Å². The smallest absolute Gasteiger partial charge is 0.194 e. The molecule has 1 aliphatic heterocycles. The number of nitrogens with one attached hydrogen (secondary N) is 1. The molecule has 0 saturated carbocycles. The molecule has 0 amide bonds. The van der Waals surface area contributed by atoms with Crippen molar-refractivity contribution in [1.82, 2.24) is 20.0 Å². The van der Waals surface area contributed by atoms with E-state index in [9.17, 15) is 0 Å². The molecule has 1 fully saturated rings. The lowest BCUT2D eigenvalue weighted by molar-refractivity contribution is 0.369. The minimum atomic E-state index is 0. The molecule has 9 heteroatoms. The molecule has 2 aromatic rings. The summed E-state index contributed by atoms with van der Waals surface area (Å²) in [5, 5.41) is 7.73. The lowest BCUT2D eigenvalue weighted by atomic mass is 10.0. The van der Waals surface area contributed by atoms with Crippen molar-refractivity contribution in [3.8, 4) is 17.2 Å². The summed E-state index contributed by atoms with van der Waals surface area (Å²) in [6, 6.07) is 3.71. The minimum absolute atomic E-state index is 0. The third kappa shape index (κ3) is 5.50. The molecule has 8 nitrogen and oxygen atoms in total. The molecular formula is C21H32IN5O3. The SMILES string of the molecule is CCNC(=NCc1c(OC)cc(OC)cc1OC)N1CCC(c2cnn(C)c2)C1.I. The summed E-state index contributed by atoms with van der Waals surface area (Å²) < 4.78 is 18.3. The van der Waals surface area contributed by atoms with E-state index in [1.807, 2.05) is 30.1 Å². The van der Waals surface area contributed by atoms with Crippen LogP contribution in [0.15, 0.2) is 29.5 Å². The van der Waals surface area contributed by atoms with Crippen LogP contribution in [-0.4, -0.2) is 61.6 Å². The van der Waals surface area contributed by atoms with Crippen molar-refractivity contribution >= 4 is 29.9 Å². The lowest BCUT2D eigenvalue weighted by Crippen LogP contribution is -2.40. The van der Waals surface area contributed by atoms with Gasteiger partial charge in [-0.15, -0.1) is 24.0 Å². The number of aliphatic imine (C=N–C) groups is 1. The fourth-order valence-electron chi connectivity index (χ4n) is 3.69. The molecule has 1 aromatic carbocycles. The van der Waals surface area contributed by atoms with E-state index in [1.165, 1.54) is 5.56 Å². The summed E-state index contributed by atoms with van der Waals surface area (Å²) in [6.45, 7) is 5.23. The minimum Gasteiger partial charge on any atom is -0.496 e. The number of halogens is 1. The van der Waals surface area contributed by atoms with Gasteiger partial charge in [0.05, 0.1) is 39.6 Å². The van der Waals surface area contributed by atoms with Crippen LogP contribution in [0.5, 0.6) is 17.2 Å². The summed E-state index contributed by atoms with van der Waals surface area (Å²) >= 11 is 0. The highest BCUT2D eigenvalue weighted by Gasteiger charge is 2.27. The predicted octanol–water partition coefficient (Wildman–Crippen LogP) is 3.02. The normalized spacial score (nSPS) is 16.2. The van der Waals surface area contributed by atoms with Crippen molar-refractivity contribution < 1.29 is 14.2 Å². The van der Waals surface area contributed by atoms with Gasteiger partial charge in [-0.05, 0) is 18.9 Å². The van der Waals surface area contributed by atoms with Crippen LogP contribution in [0.4, 0.5) is 0 Å². The van der Waals surface area contributed by atoms with Crippen molar-refractivity contribution in [3.05, 3.63) is 35.7 Å². The van der Waals surface area contributed by atoms with Gasteiger partial charge < -0.3 is 24.4 Å². The Hall–Kier alpha value is -2.17. The van der Waals surface area contributed by atoms with Crippen molar-refractivity contribution in [2.45, 2.75) is 25.8 Å². The second-order valence-corrected chi connectivity index (χ2v) is 7.06. The van der Waals surface area contributed by atoms with Crippen LogP contribution in [0.25, 0.3) is 0 Å². The number of methoxy groups -OCH3 is 3. The molecule has 0 bridgehead atoms. The van der Waals surface area contributed by atoms with Crippen LogP contribution < -0.4 is 19.5 Å². The van der Waals surface area contributed by atoms with Gasteiger partial charge in [-0.3, -0.25) is 4.68 Å². The first-order valence-corrected chi connectivity index (χ1v) is 9.90. The van der Waals surface area contributed by atoms with Gasteiger partial charge in [0.2, 0.25) is 0 Å². The molecule has 0 radical (unpaired) electrons. The summed E-state index contributed by atoms with van der Waals surface area (Å²) in [6.07, 6.45) is 5.15. The second kappa shape index (κ2) is 11.3. The number of likely N-dealkylation sites (tertiary alicyclic amines) is 1. The molecule has 1 unspecified atom stereocenters. The standard InChI is InChI=1S/C21H31N5O3.HI/c1-6-22-21(26-8-7-15(14-26)16-11-24-25(2)13-16)23-12-18-19(28-4)9-17(27-3)10-20(18)29-5;/h9-11,13,15H,6-8,12,14H2,1-5H3,(H,22,23);1H. The largest absolute Gasteiger partial charge is 0.496 e. The number of hydrogen-bond acceptors (Lipinski definition) is 5. The highest BCUT2D eigenvalue weighted by Crippen LogP contribution is 2.34. The first-order chi connectivity index (χ1) is 14.1. The first-order valence-electron chi connectivity index (χ1n) is 9.90. The number of hydrogen-bond donors (Lipinski definition) is 1. The summed E-state index contributed by atoms with van der Waals surface area (Å²) in [5.41, 5.74) is 2.18. The van der Waals surface area contributed by atoms with Gasteiger partial charge in [0.25, 0.3) is 0 Å². The van der Waals surface area contributed by atoms with Crippen LogP contribution in [-0.2, 0) is 13.6 Å². The molecule has 3 rings (SSSR count). The van der Waals surface area contributed by atoms with E-state index in [2.05, 4.69) is 28.4 Å². The van der Waals surface area contributed by atoms with E-state index in [4.69, 9.17) is 19.2 Å². The predicted molar refractivity (Wildman–Crippen MR) is 128 cm³/mol. The van der Waals surface area contributed by atoms with Gasteiger partial charge in [-0.25, -0.2) is 4.99 Å². The Labute approximate surface area is 195 Å². The molecule has 1 atom stereocenters. The van der Waals surface area contributed by atoms with E-state index >= 15 is 0 Å². The molecule has 2 heterocycles. The number of nitrogens with zero attached hydrogens (tertiary/aromatic N) is 4. The average molecular weight is 529 g/mol.